The fourth-order valence-electron chi connectivity index (χ4n) is 8.35. The number of anilines is 3. The predicted molar refractivity (Wildman–Crippen MR) is 205 cm³/mol. The molecule has 8 aromatic carbocycles. The van der Waals surface area contributed by atoms with E-state index in [2.05, 4.69) is 163 Å². The fourth-order valence-corrected chi connectivity index (χ4v) is 9.58. The van der Waals surface area contributed by atoms with Crippen LogP contribution in [-0.2, 0) is 0 Å². The van der Waals surface area contributed by atoms with Gasteiger partial charge >= 0.3 is 0 Å². The van der Waals surface area contributed by atoms with Gasteiger partial charge in [0.2, 0.25) is 6.71 Å². The second-order valence-corrected chi connectivity index (χ2v) is 13.9. The lowest BCUT2D eigenvalue weighted by molar-refractivity contribution is 1.31. The first-order valence-corrected chi connectivity index (χ1v) is 17.1. The molecule has 0 saturated carbocycles. The predicted octanol–water partition coefficient (Wildman–Crippen LogP) is 10.3. The molecule has 0 aliphatic carbocycles. The van der Waals surface area contributed by atoms with Crippen molar-refractivity contribution in [3.05, 3.63) is 158 Å². The summed E-state index contributed by atoms with van der Waals surface area (Å²) in [5, 5.41) is 7.72. The molecule has 3 heterocycles. The molecule has 1 nitrogen and oxygen atoms in total. The van der Waals surface area contributed by atoms with Gasteiger partial charge in [-0.05, 0) is 91.1 Å². The first-order chi connectivity index (χ1) is 23.3. The Kier molecular flexibility index (Phi) is 5.14. The Hall–Kier alpha value is -5.64. The molecule has 0 fully saturated rings. The van der Waals surface area contributed by atoms with Crippen molar-refractivity contribution in [3.63, 3.8) is 0 Å². The van der Waals surface area contributed by atoms with Gasteiger partial charge in [0.1, 0.15) is 0 Å². The van der Waals surface area contributed by atoms with Gasteiger partial charge in [-0.2, -0.15) is 0 Å². The molecule has 3 heteroatoms. The number of rotatable bonds is 2. The summed E-state index contributed by atoms with van der Waals surface area (Å²) in [5.74, 6) is 0. The summed E-state index contributed by atoms with van der Waals surface area (Å²) >= 11 is 1.90. The second kappa shape index (κ2) is 9.45. The monoisotopic (exact) mass is 611 g/mol. The molecule has 0 bridgehead atoms. The molecule has 0 spiro atoms. The molecule has 0 atom stereocenters. The van der Waals surface area contributed by atoms with Crippen LogP contribution in [-0.4, -0.2) is 6.71 Å². The number of hydrogen-bond donors (Lipinski definition) is 0. The van der Waals surface area contributed by atoms with Crippen LogP contribution in [0.5, 0.6) is 0 Å². The number of nitrogens with zero attached hydrogens (tertiary/aromatic N) is 1. The van der Waals surface area contributed by atoms with Crippen molar-refractivity contribution in [1.82, 2.24) is 0 Å². The molecule has 2 aliphatic heterocycles. The summed E-state index contributed by atoms with van der Waals surface area (Å²) in [7, 11) is 0. The number of fused-ring (bicyclic) bond motifs is 10. The molecular weight excluding hydrogens is 585 g/mol. The highest BCUT2D eigenvalue weighted by Crippen LogP contribution is 2.46. The van der Waals surface area contributed by atoms with Crippen LogP contribution in [0.2, 0.25) is 0 Å². The maximum absolute atomic E-state index is 2.55. The molecule has 0 radical (unpaired) electrons. The summed E-state index contributed by atoms with van der Waals surface area (Å²) in [6.45, 7) is 0.182. The van der Waals surface area contributed by atoms with E-state index in [0.29, 0.717) is 0 Å². The molecule has 47 heavy (non-hydrogen) atoms. The topological polar surface area (TPSA) is 3.24 Å². The summed E-state index contributed by atoms with van der Waals surface area (Å²) in [6, 6.07) is 59.0. The van der Waals surface area contributed by atoms with Crippen molar-refractivity contribution in [1.29, 1.82) is 0 Å². The molecule has 1 aromatic heterocycles. The van der Waals surface area contributed by atoms with Crippen molar-refractivity contribution in [3.8, 4) is 22.3 Å². The molecule has 0 saturated heterocycles. The second-order valence-electron chi connectivity index (χ2n) is 12.9. The van der Waals surface area contributed by atoms with Crippen LogP contribution in [0.1, 0.15) is 0 Å². The zero-order chi connectivity index (χ0) is 30.6. The third kappa shape index (κ3) is 3.55. The van der Waals surface area contributed by atoms with E-state index in [1.807, 2.05) is 11.3 Å². The van der Waals surface area contributed by atoms with Crippen LogP contribution in [0.25, 0.3) is 64.0 Å². The molecule has 11 rings (SSSR count). The first kappa shape index (κ1) is 25.5. The average Bonchev–Trinajstić information content (AvgIpc) is 3.68. The normalized spacial score (nSPS) is 13.0. The van der Waals surface area contributed by atoms with Crippen LogP contribution in [0.4, 0.5) is 17.1 Å². The smallest absolute Gasteiger partial charge is 0.248 e. The summed E-state index contributed by atoms with van der Waals surface area (Å²) in [4.78, 5) is 2.55. The number of hydrogen-bond acceptors (Lipinski definition) is 2. The standard InChI is InChI=1S/C44H26BNS/c1-2-11-28-22-32(21-20-27(28)10-1)46-40-25-30-13-4-3-12-29(30)24-39(40)45-38-18-7-5-14-34(38)37-23-31(26-41(46)43(37)45)33-16-9-17-36-35-15-6-8-19-42(35)47-44(33)36/h1-26H. The van der Waals surface area contributed by atoms with Gasteiger partial charge in [0, 0.05) is 37.2 Å². The van der Waals surface area contributed by atoms with Gasteiger partial charge in [0.25, 0.3) is 0 Å². The highest BCUT2D eigenvalue weighted by atomic mass is 32.1. The molecule has 216 valence electrons. The Morgan fingerprint density at radius 1 is 0.447 bits per heavy atom. The third-order valence-electron chi connectivity index (χ3n) is 10.4. The lowest BCUT2D eigenvalue weighted by atomic mass is 9.37. The Morgan fingerprint density at radius 3 is 2.04 bits per heavy atom. The minimum absolute atomic E-state index is 0.182. The minimum Gasteiger partial charge on any atom is -0.311 e. The molecule has 0 amide bonds. The van der Waals surface area contributed by atoms with E-state index >= 15 is 0 Å². The van der Waals surface area contributed by atoms with E-state index in [9.17, 15) is 0 Å². The van der Waals surface area contributed by atoms with Gasteiger partial charge in [-0.3, -0.25) is 0 Å². The van der Waals surface area contributed by atoms with Crippen LogP contribution in [0, 0.1) is 0 Å². The van der Waals surface area contributed by atoms with Crippen LogP contribution in [0.3, 0.4) is 0 Å². The zero-order valence-electron chi connectivity index (χ0n) is 25.4. The quantitative estimate of drug-likeness (QED) is 0.176. The minimum atomic E-state index is 0.182. The largest absolute Gasteiger partial charge is 0.311 e. The maximum atomic E-state index is 2.55. The van der Waals surface area contributed by atoms with Crippen molar-refractivity contribution in [2.75, 3.05) is 4.90 Å². The van der Waals surface area contributed by atoms with Crippen LogP contribution < -0.4 is 21.3 Å². The van der Waals surface area contributed by atoms with Crippen molar-refractivity contribution in [2.24, 2.45) is 0 Å². The number of thiophene rings is 1. The summed E-state index contributed by atoms with van der Waals surface area (Å²) < 4.78 is 2.68. The lowest BCUT2D eigenvalue weighted by Crippen LogP contribution is -2.54. The fraction of sp³-hybridized carbons (Fsp3) is 0. The van der Waals surface area contributed by atoms with E-state index in [0.717, 1.165) is 0 Å². The van der Waals surface area contributed by atoms with Gasteiger partial charge < -0.3 is 4.90 Å². The van der Waals surface area contributed by atoms with Crippen molar-refractivity contribution >= 4 is 93.2 Å². The summed E-state index contributed by atoms with van der Waals surface area (Å²) in [5.41, 5.74) is 13.2. The highest BCUT2D eigenvalue weighted by molar-refractivity contribution is 7.26. The van der Waals surface area contributed by atoms with Crippen molar-refractivity contribution in [2.45, 2.75) is 0 Å². The Labute approximate surface area is 277 Å². The van der Waals surface area contributed by atoms with Gasteiger partial charge in [-0.25, -0.2) is 0 Å². The Morgan fingerprint density at radius 2 is 1.15 bits per heavy atom. The third-order valence-corrected chi connectivity index (χ3v) is 11.6. The van der Waals surface area contributed by atoms with Gasteiger partial charge in [0.15, 0.2) is 0 Å². The Bertz CT molecular complexity index is 2770. The Balaban J connectivity index is 1.26. The molecular formula is C44H26BNS. The van der Waals surface area contributed by atoms with E-state index in [4.69, 9.17) is 0 Å². The van der Waals surface area contributed by atoms with Gasteiger partial charge in [-0.1, -0.05) is 127 Å². The van der Waals surface area contributed by atoms with E-state index in [-0.39, 0.29) is 6.71 Å². The van der Waals surface area contributed by atoms with E-state index in [1.54, 1.807) is 0 Å². The van der Waals surface area contributed by atoms with Crippen LogP contribution in [0.15, 0.2) is 158 Å². The number of benzene rings is 8. The average molecular weight is 612 g/mol. The summed E-state index contributed by atoms with van der Waals surface area (Å²) in [6.07, 6.45) is 0. The van der Waals surface area contributed by atoms with Gasteiger partial charge in [0.05, 0.1) is 0 Å². The lowest BCUT2D eigenvalue weighted by Gasteiger charge is -2.37. The first-order valence-electron chi connectivity index (χ1n) is 16.3. The van der Waals surface area contributed by atoms with Gasteiger partial charge in [-0.15, -0.1) is 11.3 Å². The van der Waals surface area contributed by atoms with Crippen LogP contribution >= 0.6 is 11.3 Å². The highest BCUT2D eigenvalue weighted by Gasteiger charge is 2.43. The van der Waals surface area contributed by atoms with E-state index < -0.39 is 0 Å². The molecule has 0 N–H and O–H groups in total. The van der Waals surface area contributed by atoms with E-state index in [1.165, 1.54) is 97.4 Å². The zero-order valence-corrected chi connectivity index (χ0v) is 26.3. The SMILES string of the molecule is c1ccc2c(c1)B1c3cc4ccccc4cc3N(c3ccc4ccccc4c3)c3cc(-c4cccc5c4sc4ccccc45)cc-2c31. The molecule has 9 aromatic rings. The van der Waals surface area contributed by atoms with Crippen molar-refractivity contribution < 1.29 is 0 Å². The maximum Gasteiger partial charge on any atom is 0.248 e. The molecule has 0 unspecified atom stereocenters. The molecule has 2 aliphatic rings.